The molecule has 0 saturated carbocycles. The first-order valence-corrected chi connectivity index (χ1v) is 13.1. The zero-order valence-electron chi connectivity index (χ0n) is 17.5. The van der Waals surface area contributed by atoms with E-state index in [4.69, 9.17) is 22.1 Å². The van der Waals surface area contributed by atoms with Crippen molar-refractivity contribution < 1.29 is 52.0 Å². The third-order valence-corrected chi connectivity index (χ3v) is 7.35. The van der Waals surface area contributed by atoms with Crippen molar-refractivity contribution >= 4 is 50.3 Å². The van der Waals surface area contributed by atoms with Gasteiger partial charge in [-0.25, -0.2) is 14.1 Å². The van der Waals surface area contributed by atoms with Crippen LogP contribution < -0.4 is 16.6 Å². The number of H-pyrrole nitrogens is 1. The van der Waals surface area contributed by atoms with E-state index in [0.29, 0.717) is 0 Å². The van der Waals surface area contributed by atoms with Gasteiger partial charge in [0.05, 0.1) is 19.5 Å². The van der Waals surface area contributed by atoms with Gasteiger partial charge in [0.15, 0.2) is 17.4 Å². The largest absolute Gasteiger partial charge is 0.481 e. The van der Waals surface area contributed by atoms with Gasteiger partial charge >= 0.3 is 15.6 Å². The third kappa shape index (κ3) is 6.84. The Balaban J connectivity index is 1.60. The summed E-state index contributed by atoms with van der Waals surface area (Å²) < 4.78 is 43.6. The Morgan fingerprint density at radius 3 is 2.66 bits per heavy atom. The number of nitrogen functional groups attached to an aromatic ring is 1. The van der Waals surface area contributed by atoms with Crippen LogP contribution in [-0.2, 0) is 32.0 Å². The van der Waals surface area contributed by atoms with Crippen LogP contribution in [0.4, 0.5) is 5.95 Å². The quantitative estimate of drug-likeness (QED) is 0.0879. The fourth-order valence-electron chi connectivity index (χ4n) is 2.97. The SMILES string of the molecule is Nc1nc2c(ncn2[C@@H]2O[C@H](COP(=O)(O)OP(=O)(O)OCCNC(=O)CCl)[C@H](O)[C@H]2O)c(=O)[nH]1. The van der Waals surface area contributed by atoms with E-state index in [0.717, 1.165) is 10.9 Å². The van der Waals surface area contributed by atoms with Gasteiger partial charge in [-0.3, -0.25) is 28.2 Å². The highest BCUT2D eigenvalue weighted by atomic mass is 35.5. The number of hydrogen-bond donors (Lipinski definition) is 7. The average molecular weight is 563 g/mol. The van der Waals surface area contributed by atoms with Crippen LogP contribution in [0.1, 0.15) is 6.23 Å². The summed E-state index contributed by atoms with van der Waals surface area (Å²) in [6.45, 7) is -1.68. The molecule has 6 atom stereocenters. The lowest BCUT2D eigenvalue weighted by molar-refractivity contribution is -0.118. The highest BCUT2D eigenvalue weighted by Gasteiger charge is 2.46. The van der Waals surface area contributed by atoms with Crippen molar-refractivity contribution in [1.29, 1.82) is 0 Å². The number of rotatable bonds is 11. The molecular weight excluding hydrogens is 542 g/mol. The number of alkyl halides is 1. The Morgan fingerprint density at radius 2 is 1.97 bits per heavy atom. The molecule has 1 aliphatic rings. The zero-order chi connectivity index (χ0) is 26.0. The number of phosphoric ester groups is 2. The van der Waals surface area contributed by atoms with Crippen molar-refractivity contribution in [1.82, 2.24) is 24.8 Å². The highest BCUT2D eigenvalue weighted by molar-refractivity contribution is 7.61. The number of imidazole rings is 1. The molecule has 1 saturated heterocycles. The molecule has 3 heterocycles. The number of aromatic amines is 1. The summed E-state index contributed by atoms with van der Waals surface area (Å²) in [4.78, 5) is 52.2. The number of aliphatic hydroxyl groups excluding tert-OH is 2. The Bertz CT molecular complexity index is 1220. The molecule has 1 amide bonds. The topological polar surface area (TPSA) is 271 Å². The van der Waals surface area contributed by atoms with Crippen molar-refractivity contribution in [2.45, 2.75) is 24.5 Å². The predicted molar refractivity (Wildman–Crippen MR) is 115 cm³/mol. The van der Waals surface area contributed by atoms with Gasteiger partial charge in [-0.15, -0.1) is 11.6 Å². The van der Waals surface area contributed by atoms with E-state index < -0.39 is 64.9 Å². The first kappa shape index (κ1) is 27.6. The number of carbonyl (C=O) groups excluding carboxylic acids is 1. The van der Waals surface area contributed by atoms with Crippen LogP contribution in [0.2, 0.25) is 0 Å². The van der Waals surface area contributed by atoms with Gasteiger partial charge in [-0.05, 0) is 0 Å². The number of aliphatic hydroxyl groups is 2. The fourth-order valence-corrected chi connectivity index (χ4v) is 5.14. The number of nitrogens with two attached hydrogens (primary N) is 1. The van der Waals surface area contributed by atoms with Gasteiger partial charge in [-0.2, -0.15) is 9.29 Å². The molecule has 21 heteroatoms. The second kappa shape index (κ2) is 11.0. The molecule has 8 N–H and O–H groups in total. The van der Waals surface area contributed by atoms with E-state index in [2.05, 4.69) is 33.6 Å². The molecule has 0 spiro atoms. The van der Waals surface area contributed by atoms with Crippen LogP contribution in [-0.4, -0.2) is 89.4 Å². The number of halogens is 1. The lowest BCUT2D eigenvalue weighted by atomic mass is 10.1. The summed E-state index contributed by atoms with van der Waals surface area (Å²) >= 11 is 5.25. The number of carbonyl (C=O) groups is 1. The van der Waals surface area contributed by atoms with Crippen molar-refractivity contribution in [2.75, 3.05) is 31.4 Å². The molecule has 196 valence electrons. The minimum Gasteiger partial charge on any atom is -0.387 e. The molecule has 0 aromatic carbocycles. The van der Waals surface area contributed by atoms with Gasteiger partial charge in [0.25, 0.3) is 5.56 Å². The molecule has 1 aliphatic heterocycles. The van der Waals surface area contributed by atoms with E-state index in [1.807, 2.05) is 0 Å². The Labute approximate surface area is 200 Å². The molecule has 35 heavy (non-hydrogen) atoms. The second-order valence-corrected chi connectivity index (χ2v) is 10.3. The highest BCUT2D eigenvalue weighted by Crippen LogP contribution is 2.60. The number of anilines is 1. The van der Waals surface area contributed by atoms with Gasteiger partial charge in [0, 0.05) is 6.54 Å². The van der Waals surface area contributed by atoms with Crippen LogP contribution in [0.5, 0.6) is 0 Å². The molecule has 2 unspecified atom stereocenters. The molecule has 3 rings (SSSR count). The number of hydrogen-bond acceptors (Lipinski definition) is 13. The Kier molecular flexibility index (Phi) is 8.67. The Hall–Kier alpha value is -1.95. The van der Waals surface area contributed by atoms with Crippen LogP contribution >= 0.6 is 27.2 Å². The van der Waals surface area contributed by atoms with Gasteiger partial charge < -0.3 is 35.8 Å². The minimum atomic E-state index is -5.23. The summed E-state index contributed by atoms with van der Waals surface area (Å²) in [5, 5.41) is 22.8. The summed E-state index contributed by atoms with van der Waals surface area (Å²) in [5.74, 6) is -1.17. The van der Waals surface area contributed by atoms with Gasteiger partial charge in [0.1, 0.15) is 24.2 Å². The zero-order valence-corrected chi connectivity index (χ0v) is 20.0. The summed E-state index contributed by atoms with van der Waals surface area (Å²) in [7, 11) is -10.3. The standard InChI is InChI=1S/C14H21ClN6O12P2/c15-3-7(22)17-1-2-30-34(26,27)33-35(28,29)31-4-6-9(23)10(24)13(32-6)21-5-18-8-11(21)19-14(16)20-12(8)25/h5-6,9-10,13,23-24H,1-4H2,(H,17,22)(H,26,27)(H,28,29)(H3,16,19,20,25)/t6-,9+,10-,13-/m1/s1. The van der Waals surface area contributed by atoms with E-state index >= 15 is 0 Å². The first-order chi connectivity index (χ1) is 16.3. The first-order valence-electron chi connectivity index (χ1n) is 9.56. The van der Waals surface area contributed by atoms with E-state index in [-0.39, 0.29) is 29.5 Å². The summed E-state index contributed by atoms with van der Waals surface area (Å²) in [5.41, 5.74) is 4.66. The smallest absolute Gasteiger partial charge is 0.387 e. The van der Waals surface area contributed by atoms with Crippen LogP contribution in [0.3, 0.4) is 0 Å². The average Bonchev–Trinajstić information content (AvgIpc) is 3.30. The molecule has 2 aromatic rings. The molecule has 0 bridgehead atoms. The maximum absolute atomic E-state index is 12.1. The summed E-state index contributed by atoms with van der Waals surface area (Å²) in [6, 6.07) is 0. The van der Waals surface area contributed by atoms with Crippen molar-refractivity contribution in [2.24, 2.45) is 0 Å². The molecule has 1 fully saturated rings. The number of amides is 1. The van der Waals surface area contributed by atoms with Crippen molar-refractivity contribution in [3.63, 3.8) is 0 Å². The van der Waals surface area contributed by atoms with Crippen molar-refractivity contribution in [3.8, 4) is 0 Å². The van der Waals surface area contributed by atoms with E-state index in [9.17, 15) is 38.7 Å². The number of nitrogens with one attached hydrogen (secondary N) is 2. The normalized spacial score (nSPS) is 25.9. The lowest BCUT2D eigenvalue weighted by Crippen LogP contribution is -2.33. The maximum Gasteiger partial charge on any atom is 0.481 e. The van der Waals surface area contributed by atoms with Crippen LogP contribution in [0.25, 0.3) is 11.2 Å². The monoisotopic (exact) mass is 562 g/mol. The maximum atomic E-state index is 12.1. The number of phosphoric acid groups is 2. The number of aromatic nitrogens is 4. The minimum absolute atomic E-state index is 0.0687. The van der Waals surface area contributed by atoms with Crippen LogP contribution in [0, 0.1) is 0 Å². The Morgan fingerprint density at radius 1 is 1.29 bits per heavy atom. The number of fused-ring (bicyclic) bond motifs is 1. The molecular formula is C14H21ClN6O12P2. The predicted octanol–water partition coefficient (Wildman–Crippen LogP) is -2.07. The molecule has 0 radical (unpaired) electrons. The fraction of sp³-hybridized carbons (Fsp3) is 0.571. The van der Waals surface area contributed by atoms with Gasteiger partial charge in [0.2, 0.25) is 11.9 Å². The second-order valence-electron chi connectivity index (χ2n) is 6.95. The third-order valence-electron chi connectivity index (χ3n) is 4.47. The molecule has 2 aromatic heterocycles. The van der Waals surface area contributed by atoms with Crippen LogP contribution in [0.15, 0.2) is 11.1 Å². The van der Waals surface area contributed by atoms with Crippen molar-refractivity contribution in [3.05, 3.63) is 16.7 Å². The molecule has 0 aliphatic carbocycles. The number of ether oxygens (including phenoxy) is 1. The summed E-state index contributed by atoms with van der Waals surface area (Å²) in [6.07, 6.45) is -4.98. The van der Waals surface area contributed by atoms with Gasteiger partial charge in [-0.1, -0.05) is 0 Å². The van der Waals surface area contributed by atoms with E-state index in [1.54, 1.807) is 0 Å². The lowest BCUT2D eigenvalue weighted by Gasteiger charge is -2.19. The number of nitrogens with zero attached hydrogens (tertiary/aromatic N) is 3. The van der Waals surface area contributed by atoms with E-state index in [1.165, 1.54) is 0 Å². The molecule has 18 nitrogen and oxygen atoms in total.